The molecule has 3 nitrogen and oxygen atoms in total. The van der Waals surface area contributed by atoms with E-state index in [1.54, 1.807) is 7.05 Å². The zero-order valence-electron chi connectivity index (χ0n) is 14.5. The molecule has 0 saturated heterocycles. The van der Waals surface area contributed by atoms with E-state index in [-0.39, 0.29) is 57.3 Å². The standard InChI is InChI=1S/C19H22FN2O.K/c1-21-16-12-18(20)19(22-13-16)23-17-10-8-15(9-11-17)14-6-4-2-3-5-7-14;/h8-14H,2-7H2,1H3;/q-1;+1. The van der Waals surface area contributed by atoms with Gasteiger partial charge in [-0.05, 0) is 42.5 Å². The van der Waals surface area contributed by atoms with Crippen molar-refractivity contribution in [2.24, 2.45) is 0 Å². The SMILES string of the molecule is C[N-]c1cnc(Oc2ccc(C3CCCCCC3)cc2)c(F)c1.[K+]. The van der Waals surface area contributed by atoms with Crippen molar-refractivity contribution in [1.29, 1.82) is 0 Å². The first-order chi connectivity index (χ1) is 11.3. The van der Waals surface area contributed by atoms with Crippen LogP contribution in [0.2, 0.25) is 0 Å². The van der Waals surface area contributed by atoms with Crippen LogP contribution in [0, 0.1) is 5.82 Å². The second-order valence-corrected chi connectivity index (χ2v) is 6.06. The monoisotopic (exact) mass is 352 g/mol. The predicted octanol–water partition coefficient (Wildman–Crippen LogP) is 3.09. The molecule has 0 radical (unpaired) electrons. The van der Waals surface area contributed by atoms with Crippen LogP contribution >= 0.6 is 0 Å². The first-order valence-corrected chi connectivity index (χ1v) is 8.29. The summed E-state index contributed by atoms with van der Waals surface area (Å²) >= 11 is 0. The molecule has 5 heteroatoms. The van der Waals surface area contributed by atoms with Crippen molar-refractivity contribution < 1.29 is 60.5 Å². The molecule has 0 N–H and O–H groups in total. The van der Waals surface area contributed by atoms with E-state index in [9.17, 15) is 4.39 Å². The van der Waals surface area contributed by atoms with E-state index in [1.807, 2.05) is 12.1 Å². The van der Waals surface area contributed by atoms with Gasteiger partial charge in [0.25, 0.3) is 5.88 Å². The molecule has 0 amide bonds. The van der Waals surface area contributed by atoms with Gasteiger partial charge in [-0.25, -0.2) is 9.37 Å². The van der Waals surface area contributed by atoms with Gasteiger partial charge in [0.1, 0.15) is 5.75 Å². The summed E-state index contributed by atoms with van der Waals surface area (Å²) in [5.74, 6) is 0.738. The predicted molar refractivity (Wildman–Crippen MR) is 90.1 cm³/mol. The number of hydrogen-bond donors (Lipinski definition) is 0. The van der Waals surface area contributed by atoms with Gasteiger partial charge in [0.2, 0.25) is 0 Å². The van der Waals surface area contributed by atoms with Gasteiger partial charge in [-0.2, -0.15) is 0 Å². The van der Waals surface area contributed by atoms with Gasteiger partial charge in [0.05, 0.1) is 0 Å². The zero-order chi connectivity index (χ0) is 16.1. The number of halogens is 1. The number of nitrogens with zero attached hydrogens (tertiary/aromatic N) is 2. The Kier molecular flexibility index (Phi) is 8.17. The summed E-state index contributed by atoms with van der Waals surface area (Å²) in [7, 11) is 1.60. The van der Waals surface area contributed by atoms with Crippen LogP contribution in [-0.2, 0) is 0 Å². The van der Waals surface area contributed by atoms with Crippen molar-refractivity contribution >= 4 is 5.69 Å². The third kappa shape index (κ3) is 5.26. The van der Waals surface area contributed by atoms with Crippen molar-refractivity contribution in [3.05, 3.63) is 53.2 Å². The van der Waals surface area contributed by atoms with Crippen LogP contribution < -0.4 is 56.1 Å². The molecule has 1 aromatic heterocycles. The Hall–Kier alpha value is -0.464. The van der Waals surface area contributed by atoms with Crippen molar-refractivity contribution in [2.45, 2.75) is 44.4 Å². The molecular weight excluding hydrogens is 330 g/mol. The van der Waals surface area contributed by atoms with E-state index < -0.39 is 5.82 Å². The first kappa shape index (κ1) is 19.9. The fraction of sp³-hybridized carbons (Fsp3) is 0.421. The topological polar surface area (TPSA) is 36.2 Å². The fourth-order valence-corrected chi connectivity index (χ4v) is 3.15. The van der Waals surface area contributed by atoms with Crippen LogP contribution in [0.15, 0.2) is 36.5 Å². The molecule has 1 saturated carbocycles. The Morgan fingerprint density at radius 3 is 2.33 bits per heavy atom. The maximum atomic E-state index is 13.9. The molecule has 1 heterocycles. The van der Waals surface area contributed by atoms with E-state index in [0.29, 0.717) is 17.4 Å². The molecule has 0 aliphatic heterocycles. The van der Waals surface area contributed by atoms with Gasteiger partial charge in [0.15, 0.2) is 5.82 Å². The second kappa shape index (κ2) is 9.87. The molecule has 122 valence electrons. The van der Waals surface area contributed by atoms with Crippen LogP contribution in [0.3, 0.4) is 0 Å². The van der Waals surface area contributed by atoms with Gasteiger partial charge in [-0.15, -0.1) is 12.7 Å². The molecule has 1 aliphatic rings. The van der Waals surface area contributed by atoms with Gasteiger partial charge in [-0.3, -0.25) is 0 Å². The molecule has 0 spiro atoms. The third-order valence-electron chi connectivity index (χ3n) is 4.47. The Balaban J connectivity index is 0.00000208. The van der Waals surface area contributed by atoms with Gasteiger partial charge in [-0.1, -0.05) is 37.8 Å². The summed E-state index contributed by atoms with van der Waals surface area (Å²) in [6.45, 7) is 0. The minimum atomic E-state index is -0.499. The number of benzene rings is 1. The summed E-state index contributed by atoms with van der Waals surface area (Å²) in [6, 6.07) is 9.32. The summed E-state index contributed by atoms with van der Waals surface area (Å²) in [4.78, 5) is 3.98. The van der Waals surface area contributed by atoms with E-state index >= 15 is 0 Å². The minimum Gasteiger partial charge on any atom is -0.686 e. The average molecular weight is 352 g/mol. The molecular formula is C19H22FKN2O. The first-order valence-electron chi connectivity index (χ1n) is 8.29. The number of aromatic nitrogens is 1. The molecule has 2 aromatic rings. The Bertz CT molecular complexity index is 640. The van der Waals surface area contributed by atoms with Gasteiger partial charge < -0.3 is 10.1 Å². The number of rotatable bonds is 4. The zero-order valence-corrected chi connectivity index (χ0v) is 17.6. The number of hydrogen-bond acceptors (Lipinski definition) is 2. The smallest absolute Gasteiger partial charge is 0.686 e. The van der Waals surface area contributed by atoms with Crippen LogP contribution in [-0.4, -0.2) is 12.0 Å². The van der Waals surface area contributed by atoms with Crippen molar-refractivity contribution in [1.82, 2.24) is 4.98 Å². The van der Waals surface area contributed by atoms with Crippen molar-refractivity contribution in [3.63, 3.8) is 0 Å². The molecule has 0 bridgehead atoms. The Labute approximate surface area is 185 Å². The van der Waals surface area contributed by atoms with E-state index in [1.165, 1.54) is 56.4 Å². The van der Waals surface area contributed by atoms with Crippen LogP contribution in [0.25, 0.3) is 5.32 Å². The molecule has 0 atom stereocenters. The normalized spacial score (nSPS) is 15.2. The van der Waals surface area contributed by atoms with Crippen molar-refractivity contribution in [2.75, 3.05) is 7.05 Å². The molecule has 24 heavy (non-hydrogen) atoms. The molecule has 0 unspecified atom stereocenters. The fourth-order valence-electron chi connectivity index (χ4n) is 3.15. The molecule has 1 fully saturated rings. The maximum Gasteiger partial charge on any atom is 1.00 e. The van der Waals surface area contributed by atoms with Crippen molar-refractivity contribution in [3.8, 4) is 11.6 Å². The quantitative estimate of drug-likeness (QED) is 0.626. The third-order valence-corrected chi connectivity index (χ3v) is 4.47. The largest absolute Gasteiger partial charge is 1.00 e. The van der Waals surface area contributed by atoms with Crippen LogP contribution in [0.1, 0.15) is 50.0 Å². The number of pyridine rings is 1. The Morgan fingerprint density at radius 2 is 1.75 bits per heavy atom. The Morgan fingerprint density at radius 1 is 1.08 bits per heavy atom. The second-order valence-electron chi connectivity index (χ2n) is 6.06. The number of ether oxygens (including phenoxy) is 1. The van der Waals surface area contributed by atoms with Gasteiger partial charge >= 0.3 is 51.4 Å². The summed E-state index contributed by atoms with van der Waals surface area (Å²) in [6.07, 6.45) is 9.35. The van der Waals surface area contributed by atoms with Crippen LogP contribution in [0.4, 0.5) is 10.1 Å². The maximum absolute atomic E-state index is 13.9. The average Bonchev–Trinajstić information content (AvgIpc) is 2.87. The van der Waals surface area contributed by atoms with E-state index in [2.05, 4.69) is 22.4 Å². The summed E-state index contributed by atoms with van der Waals surface area (Å²) in [5.41, 5.74) is 1.85. The van der Waals surface area contributed by atoms with Crippen LogP contribution in [0.5, 0.6) is 11.6 Å². The minimum absolute atomic E-state index is 0. The van der Waals surface area contributed by atoms with Gasteiger partial charge in [0, 0.05) is 6.20 Å². The van der Waals surface area contributed by atoms with E-state index in [4.69, 9.17) is 4.74 Å². The van der Waals surface area contributed by atoms with E-state index in [0.717, 1.165) is 0 Å². The summed E-state index contributed by atoms with van der Waals surface area (Å²) < 4.78 is 19.4. The molecule has 3 rings (SSSR count). The molecule has 1 aromatic carbocycles. The summed E-state index contributed by atoms with van der Waals surface area (Å²) in [5, 5.41) is 3.89. The molecule has 1 aliphatic carbocycles.